The fourth-order valence-corrected chi connectivity index (χ4v) is 3.83. The number of esters is 1. The van der Waals surface area contributed by atoms with Gasteiger partial charge in [-0.05, 0) is 42.8 Å². The third-order valence-corrected chi connectivity index (χ3v) is 5.77. The zero-order chi connectivity index (χ0) is 24.2. The summed E-state index contributed by atoms with van der Waals surface area (Å²) in [6.45, 7) is 2.28. The number of aryl methyl sites for hydroxylation is 1. The number of carbonyl (C=O) groups excluding carboxylic acids is 2. The van der Waals surface area contributed by atoms with Gasteiger partial charge in [0, 0.05) is 24.7 Å². The first-order chi connectivity index (χ1) is 16.3. The molecule has 1 aliphatic rings. The first kappa shape index (κ1) is 23.3. The van der Waals surface area contributed by atoms with Crippen molar-refractivity contribution in [3.8, 4) is 11.5 Å². The van der Waals surface area contributed by atoms with Crippen LogP contribution in [0, 0.1) is 23.0 Å². The Labute approximate surface area is 200 Å². The Morgan fingerprint density at radius 1 is 1.12 bits per heavy atom. The molecule has 0 saturated carbocycles. The summed E-state index contributed by atoms with van der Waals surface area (Å²) >= 11 is 6.05. The van der Waals surface area contributed by atoms with Crippen LogP contribution in [0.15, 0.2) is 66.7 Å². The minimum absolute atomic E-state index is 0.0283. The Bertz CT molecular complexity index is 1230. The summed E-state index contributed by atoms with van der Waals surface area (Å²) in [6.07, 6.45) is 0.107. The van der Waals surface area contributed by atoms with Crippen LogP contribution >= 0.6 is 11.6 Å². The quantitative estimate of drug-likeness (QED) is 0.253. The Morgan fingerprint density at radius 2 is 1.82 bits per heavy atom. The molecule has 0 radical (unpaired) electrons. The van der Waals surface area contributed by atoms with Crippen LogP contribution in [0.2, 0.25) is 5.02 Å². The molecule has 0 spiro atoms. The van der Waals surface area contributed by atoms with Crippen LogP contribution in [0.1, 0.15) is 17.5 Å². The van der Waals surface area contributed by atoms with E-state index in [2.05, 4.69) is 0 Å². The molecular formula is C25H21ClN2O6. The van der Waals surface area contributed by atoms with Gasteiger partial charge in [0.05, 0.1) is 15.9 Å². The third-order valence-electron chi connectivity index (χ3n) is 5.47. The predicted molar refractivity (Wildman–Crippen MR) is 126 cm³/mol. The number of hydrogen-bond donors (Lipinski definition) is 0. The number of nitro groups is 1. The second-order valence-electron chi connectivity index (χ2n) is 7.94. The van der Waals surface area contributed by atoms with Crippen molar-refractivity contribution in [2.24, 2.45) is 5.92 Å². The summed E-state index contributed by atoms with van der Waals surface area (Å²) in [4.78, 5) is 37.2. The van der Waals surface area contributed by atoms with Crippen LogP contribution in [-0.2, 0) is 20.9 Å². The predicted octanol–water partition coefficient (Wildman–Crippen LogP) is 5.45. The van der Waals surface area contributed by atoms with Gasteiger partial charge in [-0.1, -0.05) is 47.5 Å². The Kier molecular flexibility index (Phi) is 6.79. The molecule has 1 aliphatic heterocycles. The smallest absolute Gasteiger partial charge is 0.313 e. The van der Waals surface area contributed by atoms with Crippen molar-refractivity contribution in [2.45, 2.75) is 20.0 Å². The molecule has 1 saturated heterocycles. The van der Waals surface area contributed by atoms with E-state index < -0.39 is 16.8 Å². The topological polar surface area (TPSA) is 99.0 Å². The van der Waals surface area contributed by atoms with E-state index >= 15 is 0 Å². The van der Waals surface area contributed by atoms with Crippen molar-refractivity contribution in [3.63, 3.8) is 0 Å². The highest BCUT2D eigenvalue weighted by Crippen LogP contribution is 2.37. The monoisotopic (exact) mass is 480 g/mol. The Balaban J connectivity index is 1.34. The molecule has 0 N–H and O–H groups in total. The minimum Gasteiger partial charge on any atom is -0.461 e. The van der Waals surface area contributed by atoms with Gasteiger partial charge in [0.1, 0.15) is 12.4 Å². The van der Waals surface area contributed by atoms with Crippen molar-refractivity contribution in [1.29, 1.82) is 0 Å². The molecule has 8 nitrogen and oxygen atoms in total. The lowest BCUT2D eigenvalue weighted by Crippen LogP contribution is -2.26. The van der Waals surface area contributed by atoms with Crippen molar-refractivity contribution in [2.75, 3.05) is 11.4 Å². The van der Waals surface area contributed by atoms with Gasteiger partial charge in [-0.25, -0.2) is 0 Å². The minimum atomic E-state index is -0.567. The van der Waals surface area contributed by atoms with Gasteiger partial charge in [0.25, 0.3) is 0 Å². The molecule has 3 aromatic carbocycles. The summed E-state index contributed by atoms with van der Waals surface area (Å²) in [5.74, 6) is -0.771. The van der Waals surface area contributed by atoms with Gasteiger partial charge in [0.2, 0.25) is 11.7 Å². The van der Waals surface area contributed by atoms with Gasteiger partial charge in [-0.3, -0.25) is 19.7 Å². The van der Waals surface area contributed by atoms with Crippen molar-refractivity contribution < 1.29 is 24.0 Å². The molecule has 1 heterocycles. The standard InChI is InChI=1S/C25H21ClN2O6/c1-16-5-9-19(10-6-16)27-14-18(13-23(27)29)25(30)33-15-17-7-11-20(12-8-17)34-24-21(26)3-2-4-22(24)28(31)32/h2-12,18H,13-15H2,1H3/t18-/m1/s1. The molecule has 0 aromatic heterocycles. The van der Waals surface area contributed by atoms with Crippen LogP contribution in [0.5, 0.6) is 11.5 Å². The highest BCUT2D eigenvalue weighted by molar-refractivity contribution is 6.32. The number of nitrogens with zero attached hydrogens (tertiary/aromatic N) is 2. The Morgan fingerprint density at radius 3 is 2.50 bits per heavy atom. The highest BCUT2D eigenvalue weighted by Gasteiger charge is 2.36. The van der Waals surface area contributed by atoms with E-state index in [4.69, 9.17) is 21.1 Å². The number of ether oxygens (including phenoxy) is 2. The van der Waals surface area contributed by atoms with Crippen molar-refractivity contribution >= 4 is 34.9 Å². The first-order valence-corrected chi connectivity index (χ1v) is 10.9. The van der Waals surface area contributed by atoms with Gasteiger partial charge < -0.3 is 14.4 Å². The Hall–Kier alpha value is -3.91. The number of halogens is 1. The summed E-state index contributed by atoms with van der Waals surface area (Å²) in [5, 5.41) is 11.3. The molecule has 0 unspecified atom stereocenters. The van der Waals surface area contributed by atoms with E-state index in [9.17, 15) is 19.7 Å². The maximum atomic E-state index is 12.5. The normalized spacial score (nSPS) is 15.3. The van der Waals surface area contributed by atoms with E-state index in [1.54, 1.807) is 29.2 Å². The lowest BCUT2D eigenvalue weighted by molar-refractivity contribution is -0.385. The van der Waals surface area contributed by atoms with Crippen molar-refractivity contribution in [3.05, 3.63) is 93.0 Å². The zero-order valence-corrected chi connectivity index (χ0v) is 19.0. The van der Waals surface area contributed by atoms with Gasteiger partial charge in [-0.15, -0.1) is 0 Å². The van der Waals surface area contributed by atoms with Gasteiger partial charge in [-0.2, -0.15) is 0 Å². The molecule has 0 bridgehead atoms. The highest BCUT2D eigenvalue weighted by atomic mass is 35.5. The molecule has 1 atom stereocenters. The average molecular weight is 481 g/mol. The largest absolute Gasteiger partial charge is 0.461 e. The molecule has 3 aromatic rings. The second-order valence-corrected chi connectivity index (χ2v) is 8.35. The number of amides is 1. The average Bonchev–Trinajstić information content (AvgIpc) is 3.21. The molecule has 9 heteroatoms. The maximum Gasteiger partial charge on any atom is 0.313 e. The molecular weight excluding hydrogens is 460 g/mol. The number of para-hydroxylation sites is 1. The van der Waals surface area contributed by atoms with Gasteiger partial charge >= 0.3 is 11.7 Å². The molecule has 1 fully saturated rings. The number of hydrogen-bond acceptors (Lipinski definition) is 6. The number of rotatable bonds is 7. The second kappa shape index (κ2) is 9.93. The third kappa shape index (κ3) is 5.18. The fourth-order valence-electron chi connectivity index (χ4n) is 3.63. The lowest BCUT2D eigenvalue weighted by atomic mass is 10.1. The summed E-state index contributed by atoms with van der Waals surface area (Å²) in [5.41, 5.74) is 2.32. The van der Waals surface area contributed by atoms with Crippen molar-refractivity contribution in [1.82, 2.24) is 0 Å². The molecule has 1 amide bonds. The lowest BCUT2D eigenvalue weighted by Gasteiger charge is -2.16. The van der Waals surface area contributed by atoms with E-state index in [-0.39, 0.29) is 41.9 Å². The number of nitro benzene ring substituents is 1. The van der Waals surface area contributed by atoms with Crippen LogP contribution in [0.4, 0.5) is 11.4 Å². The maximum absolute atomic E-state index is 12.5. The van der Waals surface area contributed by atoms with Gasteiger partial charge in [0.15, 0.2) is 0 Å². The molecule has 4 rings (SSSR count). The van der Waals surface area contributed by atoms with Crippen LogP contribution in [0.3, 0.4) is 0 Å². The molecule has 174 valence electrons. The van der Waals surface area contributed by atoms with E-state index in [1.165, 1.54) is 18.2 Å². The van der Waals surface area contributed by atoms with E-state index in [0.717, 1.165) is 11.3 Å². The van der Waals surface area contributed by atoms with E-state index in [0.29, 0.717) is 11.3 Å². The van der Waals surface area contributed by atoms with Crippen LogP contribution in [-0.4, -0.2) is 23.3 Å². The molecule has 34 heavy (non-hydrogen) atoms. The number of anilines is 1. The fraction of sp³-hybridized carbons (Fsp3) is 0.200. The first-order valence-electron chi connectivity index (χ1n) is 10.5. The SMILES string of the molecule is Cc1ccc(N2C[C@H](C(=O)OCc3ccc(Oc4c(Cl)cccc4[N+](=O)[O-])cc3)CC2=O)cc1. The zero-order valence-electron chi connectivity index (χ0n) is 18.3. The number of benzene rings is 3. The van der Waals surface area contributed by atoms with Crippen LogP contribution < -0.4 is 9.64 Å². The van der Waals surface area contributed by atoms with Crippen LogP contribution in [0.25, 0.3) is 0 Å². The summed E-state index contributed by atoms with van der Waals surface area (Å²) < 4.78 is 11.0. The van der Waals surface area contributed by atoms with E-state index in [1.807, 2.05) is 31.2 Å². The number of carbonyl (C=O) groups is 2. The molecule has 0 aliphatic carbocycles. The summed E-state index contributed by atoms with van der Waals surface area (Å²) in [6, 6.07) is 18.4. The summed E-state index contributed by atoms with van der Waals surface area (Å²) in [7, 11) is 0.